The second-order valence-electron chi connectivity index (χ2n) is 4.70. The van der Waals surface area contributed by atoms with Gasteiger partial charge in [0.1, 0.15) is 5.00 Å². The molecule has 1 aromatic heterocycles. The number of thiazole rings is 1. The Hall–Kier alpha value is -0.770. The first-order valence-corrected chi connectivity index (χ1v) is 6.41. The zero-order valence-corrected chi connectivity index (χ0v) is 10.3. The summed E-state index contributed by atoms with van der Waals surface area (Å²) in [4.78, 5) is 6.69. The van der Waals surface area contributed by atoms with E-state index in [-0.39, 0.29) is 0 Å². The van der Waals surface area contributed by atoms with Gasteiger partial charge in [-0.1, -0.05) is 31.6 Å². The Kier molecular flexibility index (Phi) is 2.87. The van der Waals surface area contributed by atoms with Crippen LogP contribution in [0, 0.1) is 5.41 Å². The molecule has 2 N–H and O–H groups in total. The smallest absolute Gasteiger partial charge is 0.187 e. The molecular formula is C11H19N3S. The maximum atomic E-state index is 5.69. The van der Waals surface area contributed by atoms with Crippen LogP contribution in [0.3, 0.4) is 0 Å². The lowest BCUT2D eigenvalue weighted by molar-refractivity contribution is 0.238. The van der Waals surface area contributed by atoms with E-state index >= 15 is 0 Å². The topological polar surface area (TPSA) is 42.2 Å². The number of nitrogen functional groups attached to an aromatic ring is 1. The summed E-state index contributed by atoms with van der Waals surface area (Å²) in [5, 5.41) is 1.90. The molecule has 0 saturated carbocycles. The Morgan fingerprint density at radius 1 is 1.53 bits per heavy atom. The number of hydrogen-bond acceptors (Lipinski definition) is 4. The van der Waals surface area contributed by atoms with Crippen LogP contribution in [-0.4, -0.2) is 18.1 Å². The summed E-state index contributed by atoms with van der Waals surface area (Å²) >= 11 is 1.59. The van der Waals surface area contributed by atoms with Crippen molar-refractivity contribution in [3.63, 3.8) is 0 Å². The van der Waals surface area contributed by atoms with E-state index in [1.165, 1.54) is 19.3 Å². The van der Waals surface area contributed by atoms with Crippen molar-refractivity contribution in [2.75, 3.05) is 23.7 Å². The monoisotopic (exact) mass is 225 g/mol. The molecule has 0 aliphatic carbocycles. The predicted molar refractivity (Wildman–Crippen MR) is 66.4 cm³/mol. The molecule has 0 unspecified atom stereocenters. The first kappa shape index (κ1) is 10.7. The Bertz CT molecular complexity index is 326. The molecule has 1 saturated heterocycles. The first-order valence-electron chi connectivity index (χ1n) is 5.59. The van der Waals surface area contributed by atoms with Crippen LogP contribution in [0.4, 0.5) is 10.1 Å². The Morgan fingerprint density at radius 3 is 2.67 bits per heavy atom. The number of aromatic nitrogens is 1. The fourth-order valence-corrected chi connectivity index (χ4v) is 2.75. The minimum Gasteiger partial charge on any atom is -0.389 e. The number of hydrogen-bond donors (Lipinski definition) is 1. The SMILES string of the molecule is CCC1(C)CCN(c2ncc(N)s2)CC1. The van der Waals surface area contributed by atoms with Gasteiger partial charge in [0.25, 0.3) is 0 Å². The second-order valence-corrected chi connectivity index (χ2v) is 5.74. The minimum atomic E-state index is 0.541. The van der Waals surface area contributed by atoms with Gasteiger partial charge in [-0.25, -0.2) is 4.98 Å². The van der Waals surface area contributed by atoms with E-state index in [0.717, 1.165) is 23.2 Å². The normalized spacial score (nSPS) is 20.5. The molecule has 2 rings (SSSR count). The zero-order valence-electron chi connectivity index (χ0n) is 9.49. The Morgan fingerprint density at radius 2 is 2.20 bits per heavy atom. The number of piperidine rings is 1. The molecule has 0 aromatic carbocycles. The third-order valence-electron chi connectivity index (χ3n) is 3.61. The lowest BCUT2D eigenvalue weighted by Crippen LogP contribution is -2.38. The second kappa shape index (κ2) is 4.00. The van der Waals surface area contributed by atoms with Gasteiger partial charge in [-0.3, -0.25) is 0 Å². The highest BCUT2D eigenvalue weighted by Gasteiger charge is 2.29. The highest BCUT2D eigenvalue weighted by atomic mass is 32.1. The highest BCUT2D eigenvalue weighted by molar-refractivity contribution is 7.19. The first-order chi connectivity index (χ1) is 7.13. The average molecular weight is 225 g/mol. The van der Waals surface area contributed by atoms with Crippen LogP contribution < -0.4 is 10.6 Å². The van der Waals surface area contributed by atoms with Crippen molar-refractivity contribution < 1.29 is 0 Å². The molecule has 0 radical (unpaired) electrons. The van der Waals surface area contributed by atoms with Gasteiger partial charge in [0.15, 0.2) is 5.13 Å². The average Bonchev–Trinajstić information content (AvgIpc) is 2.66. The molecule has 3 nitrogen and oxygen atoms in total. The van der Waals surface area contributed by atoms with Crippen LogP contribution in [0.15, 0.2) is 6.20 Å². The summed E-state index contributed by atoms with van der Waals surface area (Å²) < 4.78 is 0. The van der Waals surface area contributed by atoms with Crippen molar-refractivity contribution in [2.45, 2.75) is 33.1 Å². The molecule has 4 heteroatoms. The van der Waals surface area contributed by atoms with E-state index < -0.39 is 0 Å². The van der Waals surface area contributed by atoms with Gasteiger partial charge in [-0.2, -0.15) is 0 Å². The van der Waals surface area contributed by atoms with Crippen LogP contribution >= 0.6 is 11.3 Å². The third-order valence-corrected chi connectivity index (χ3v) is 4.49. The zero-order chi connectivity index (χ0) is 10.9. The number of anilines is 2. The lowest BCUT2D eigenvalue weighted by atomic mass is 9.78. The van der Waals surface area contributed by atoms with E-state index in [9.17, 15) is 0 Å². The number of rotatable bonds is 2. The Balaban J connectivity index is 1.99. The Labute approximate surface area is 95.3 Å². The van der Waals surface area contributed by atoms with E-state index in [2.05, 4.69) is 23.7 Å². The van der Waals surface area contributed by atoms with E-state index in [1.807, 2.05) is 0 Å². The summed E-state index contributed by atoms with van der Waals surface area (Å²) in [6, 6.07) is 0. The fourth-order valence-electron chi connectivity index (χ4n) is 2.01. The molecule has 0 bridgehead atoms. The minimum absolute atomic E-state index is 0.541. The van der Waals surface area contributed by atoms with Gasteiger partial charge >= 0.3 is 0 Å². The molecule has 84 valence electrons. The van der Waals surface area contributed by atoms with Gasteiger partial charge in [0.05, 0.1) is 6.20 Å². The van der Waals surface area contributed by atoms with Crippen LogP contribution in [0.25, 0.3) is 0 Å². The van der Waals surface area contributed by atoms with Crippen molar-refractivity contribution in [3.8, 4) is 0 Å². The van der Waals surface area contributed by atoms with Gasteiger partial charge in [0, 0.05) is 13.1 Å². The van der Waals surface area contributed by atoms with Crippen molar-refractivity contribution in [2.24, 2.45) is 5.41 Å². The van der Waals surface area contributed by atoms with Gasteiger partial charge in [0.2, 0.25) is 0 Å². The van der Waals surface area contributed by atoms with Gasteiger partial charge in [-0.15, -0.1) is 0 Å². The molecular weight excluding hydrogens is 206 g/mol. The predicted octanol–water partition coefficient (Wildman–Crippen LogP) is 2.74. The van der Waals surface area contributed by atoms with Crippen molar-refractivity contribution >= 4 is 21.5 Å². The third kappa shape index (κ3) is 2.25. The van der Waals surface area contributed by atoms with Crippen molar-refractivity contribution in [1.29, 1.82) is 0 Å². The van der Waals surface area contributed by atoms with E-state index in [4.69, 9.17) is 5.73 Å². The van der Waals surface area contributed by atoms with Gasteiger partial charge in [-0.05, 0) is 18.3 Å². The summed E-state index contributed by atoms with van der Waals surface area (Å²) in [7, 11) is 0. The van der Waals surface area contributed by atoms with E-state index in [0.29, 0.717) is 5.41 Å². The van der Waals surface area contributed by atoms with Crippen LogP contribution in [-0.2, 0) is 0 Å². The molecule has 1 aromatic rings. The standard InChI is InChI=1S/C11H19N3S/c1-3-11(2)4-6-14(7-5-11)10-13-8-9(12)15-10/h8H,3-7,12H2,1-2H3. The summed E-state index contributed by atoms with van der Waals surface area (Å²) in [5.74, 6) is 0. The molecule has 0 atom stereocenters. The summed E-state index contributed by atoms with van der Waals surface area (Å²) in [5.41, 5.74) is 6.24. The van der Waals surface area contributed by atoms with Gasteiger partial charge < -0.3 is 10.6 Å². The maximum absolute atomic E-state index is 5.69. The summed E-state index contributed by atoms with van der Waals surface area (Å²) in [6.45, 7) is 6.92. The largest absolute Gasteiger partial charge is 0.389 e. The van der Waals surface area contributed by atoms with Crippen LogP contribution in [0.5, 0.6) is 0 Å². The quantitative estimate of drug-likeness (QED) is 0.841. The molecule has 1 aliphatic heterocycles. The highest BCUT2D eigenvalue weighted by Crippen LogP contribution is 2.36. The van der Waals surface area contributed by atoms with Crippen LogP contribution in [0.1, 0.15) is 33.1 Å². The molecule has 15 heavy (non-hydrogen) atoms. The molecule has 2 heterocycles. The molecule has 1 aliphatic rings. The number of nitrogens with two attached hydrogens (primary N) is 1. The maximum Gasteiger partial charge on any atom is 0.187 e. The van der Waals surface area contributed by atoms with Crippen molar-refractivity contribution in [3.05, 3.63) is 6.20 Å². The molecule has 0 amide bonds. The lowest BCUT2D eigenvalue weighted by Gasteiger charge is -2.38. The van der Waals surface area contributed by atoms with Crippen LogP contribution in [0.2, 0.25) is 0 Å². The summed E-state index contributed by atoms with van der Waals surface area (Å²) in [6.07, 6.45) is 5.57. The fraction of sp³-hybridized carbons (Fsp3) is 0.727. The van der Waals surface area contributed by atoms with Crippen molar-refractivity contribution in [1.82, 2.24) is 4.98 Å². The molecule has 0 spiro atoms. The van der Waals surface area contributed by atoms with E-state index in [1.54, 1.807) is 17.5 Å². The number of nitrogens with zero attached hydrogens (tertiary/aromatic N) is 2. The molecule has 1 fully saturated rings.